The van der Waals surface area contributed by atoms with Gasteiger partial charge in [0.1, 0.15) is 5.82 Å². The monoisotopic (exact) mass is 262 g/mol. The third-order valence-corrected chi connectivity index (χ3v) is 3.31. The standard InChI is InChI=1S/C16H23FN2/c1-3-4-5-6-7-13(2)19-12-15-10-14(11-18)8-9-16(15)17/h8-10,13,19H,3-7,12H2,1-2H3. The van der Waals surface area contributed by atoms with Crippen LogP contribution in [0.2, 0.25) is 0 Å². The molecule has 1 aromatic rings. The van der Waals surface area contributed by atoms with Crippen molar-refractivity contribution in [3.8, 4) is 6.07 Å². The lowest BCUT2D eigenvalue weighted by Gasteiger charge is -2.14. The molecular weight excluding hydrogens is 239 g/mol. The summed E-state index contributed by atoms with van der Waals surface area (Å²) in [4.78, 5) is 0. The Kier molecular flexibility index (Phi) is 7.14. The van der Waals surface area contributed by atoms with E-state index in [1.807, 2.05) is 6.07 Å². The maximum Gasteiger partial charge on any atom is 0.127 e. The summed E-state index contributed by atoms with van der Waals surface area (Å²) in [5.74, 6) is -0.246. The SMILES string of the molecule is CCCCCCC(C)NCc1cc(C#N)ccc1F. The molecule has 0 aliphatic rings. The van der Waals surface area contributed by atoms with Crippen LogP contribution in [-0.4, -0.2) is 6.04 Å². The highest BCUT2D eigenvalue weighted by atomic mass is 19.1. The van der Waals surface area contributed by atoms with Gasteiger partial charge in [0.15, 0.2) is 0 Å². The number of nitrogens with zero attached hydrogens (tertiary/aromatic N) is 1. The summed E-state index contributed by atoms with van der Waals surface area (Å²) >= 11 is 0. The van der Waals surface area contributed by atoms with Crippen molar-refractivity contribution in [3.05, 3.63) is 35.1 Å². The summed E-state index contributed by atoms with van der Waals surface area (Å²) < 4.78 is 13.6. The summed E-state index contributed by atoms with van der Waals surface area (Å²) in [5.41, 5.74) is 1.08. The third-order valence-electron chi connectivity index (χ3n) is 3.31. The third kappa shape index (κ3) is 5.85. The van der Waals surface area contributed by atoms with Crippen molar-refractivity contribution in [2.45, 2.75) is 58.5 Å². The first-order chi connectivity index (χ1) is 9.17. The topological polar surface area (TPSA) is 35.8 Å². The molecule has 0 aliphatic heterocycles. The van der Waals surface area contributed by atoms with Crippen molar-refractivity contribution in [1.29, 1.82) is 5.26 Å². The van der Waals surface area contributed by atoms with Crippen molar-refractivity contribution in [2.24, 2.45) is 0 Å². The lowest BCUT2D eigenvalue weighted by atomic mass is 10.1. The Morgan fingerprint density at radius 3 is 2.79 bits per heavy atom. The Labute approximate surface area is 115 Å². The van der Waals surface area contributed by atoms with Gasteiger partial charge in [0, 0.05) is 18.2 Å². The zero-order valence-electron chi connectivity index (χ0n) is 11.9. The number of benzene rings is 1. The lowest BCUT2D eigenvalue weighted by molar-refractivity contribution is 0.475. The highest BCUT2D eigenvalue weighted by Gasteiger charge is 2.06. The van der Waals surface area contributed by atoms with Gasteiger partial charge in [-0.05, 0) is 31.5 Å². The molecule has 1 unspecified atom stereocenters. The number of nitrogens with one attached hydrogen (secondary N) is 1. The van der Waals surface area contributed by atoms with E-state index < -0.39 is 0 Å². The van der Waals surface area contributed by atoms with Gasteiger partial charge in [0.2, 0.25) is 0 Å². The fraction of sp³-hybridized carbons (Fsp3) is 0.562. The average molecular weight is 262 g/mol. The fourth-order valence-electron chi connectivity index (χ4n) is 2.04. The molecule has 0 bridgehead atoms. The number of nitriles is 1. The molecule has 0 aromatic heterocycles. The molecule has 1 rings (SSSR count). The highest BCUT2D eigenvalue weighted by Crippen LogP contribution is 2.11. The van der Waals surface area contributed by atoms with Crippen LogP contribution in [0, 0.1) is 17.1 Å². The second-order valence-corrected chi connectivity index (χ2v) is 5.05. The van der Waals surface area contributed by atoms with E-state index in [0.29, 0.717) is 23.7 Å². The molecule has 1 aromatic carbocycles. The Bertz CT molecular complexity index is 423. The normalized spacial score (nSPS) is 12.1. The first-order valence-corrected chi connectivity index (χ1v) is 7.09. The molecule has 1 atom stereocenters. The molecule has 3 heteroatoms. The second-order valence-electron chi connectivity index (χ2n) is 5.05. The van der Waals surface area contributed by atoms with Crippen molar-refractivity contribution in [1.82, 2.24) is 5.32 Å². The molecule has 1 N–H and O–H groups in total. The number of unbranched alkanes of at least 4 members (excludes halogenated alkanes) is 3. The van der Waals surface area contributed by atoms with Gasteiger partial charge in [-0.3, -0.25) is 0 Å². The van der Waals surface area contributed by atoms with E-state index in [0.717, 1.165) is 6.42 Å². The Hall–Kier alpha value is -1.40. The largest absolute Gasteiger partial charge is 0.310 e. The van der Waals surface area contributed by atoms with Gasteiger partial charge in [0.05, 0.1) is 11.6 Å². The van der Waals surface area contributed by atoms with Crippen molar-refractivity contribution in [2.75, 3.05) is 0 Å². The minimum absolute atomic E-state index is 0.246. The van der Waals surface area contributed by atoms with Gasteiger partial charge in [0.25, 0.3) is 0 Å². The van der Waals surface area contributed by atoms with Crippen LogP contribution in [0.5, 0.6) is 0 Å². The van der Waals surface area contributed by atoms with Crippen molar-refractivity contribution >= 4 is 0 Å². The first kappa shape index (κ1) is 15.7. The van der Waals surface area contributed by atoms with Crippen LogP contribution in [0.4, 0.5) is 4.39 Å². The molecule has 0 spiro atoms. The van der Waals surface area contributed by atoms with Gasteiger partial charge in [-0.15, -0.1) is 0 Å². The molecule has 0 aliphatic carbocycles. The minimum Gasteiger partial charge on any atom is -0.310 e. The summed E-state index contributed by atoms with van der Waals surface area (Å²) in [6, 6.07) is 6.90. The van der Waals surface area contributed by atoms with Gasteiger partial charge < -0.3 is 5.32 Å². The van der Waals surface area contributed by atoms with Crippen molar-refractivity contribution < 1.29 is 4.39 Å². The Morgan fingerprint density at radius 1 is 1.32 bits per heavy atom. The molecule has 0 saturated heterocycles. The van der Waals surface area contributed by atoms with E-state index in [1.54, 1.807) is 6.07 Å². The van der Waals surface area contributed by atoms with E-state index in [1.165, 1.54) is 37.8 Å². The molecule has 104 valence electrons. The van der Waals surface area contributed by atoms with E-state index in [4.69, 9.17) is 5.26 Å². The first-order valence-electron chi connectivity index (χ1n) is 7.09. The van der Waals surface area contributed by atoms with Crippen LogP contribution in [0.25, 0.3) is 0 Å². The van der Waals surface area contributed by atoms with Crippen LogP contribution in [0.15, 0.2) is 18.2 Å². The van der Waals surface area contributed by atoms with Crippen LogP contribution in [0.3, 0.4) is 0 Å². The average Bonchev–Trinajstić information content (AvgIpc) is 2.43. The highest BCUT2D eigenvalue weighted by molar-refractivity contribution is 5.33. The molecule has 0 saturated carbocycles. The predicted molar refractivity (Wildman–Crippen MR) is 76.2 cm³/mol. The van der Waals surface area contributed by atoms with Crippen molar-refractivity contribution in [3.63, 3.8) is 0 Å². The van der Waals surface area contributed by atoms with Gasteiger partial charge >= 0.3 is 0 Å². The summed E-state index contributed by atoms with van der Waals surface area (Å²) in [5, 5.41) is 12.1. The molecule has 19 heavy (non-hydrogen) atoms. The minimum atomic E-state index is -0.246. The Balaban J connectivity index is 2.37. The van der Waals surface area contributed by atoms with E-state index in [-0.39, 0.29) is 5.82 Å². The maximum atomic E-state index is 13.6. The summed E-state index contributed by atoms with van der Waals surface area (Å²) in [6.07, 6.45) is 6.11. The van der Waals surface area contributed by atoms with Crippen LogP contribution >= 0.6 is 0 Å². The van der Waals surface area contributed by atoms with E-state index in [2.05, 4.69) is 19.2 Å². The van der Waals surface area contributed by atoms with Gasteiger partial charge in [-0.25, -0.2) is 4.39 Å². The Morgan fingerprint density at radius 2 is 2.11 bits per heavy atom. The maximum absolute atomic E-state index is 13.6. The lowest BCUT2D eigenvalue weighted by Crippen LogP contribution is -2.25. The van der Waals surface area contributed by atoms with Crippen LogP contribution < -0.4 is 5.32 Å². The van der Waals surface area contributed by atoms with E-state index in [9.17, 15) is 4.39 Å². The van der Waals surface area contributed by atoms with Gasteiger partial charge in [-0.2, -0.15) is 5.26 Å². The predicted octanol–water partition coefficient (Wildman–Crippen LogP) is 4.15. The smallest absolute Gasteiger partial charge is 0.127 e. The van der Waals surface area contributed by atoms with E-state index >= 15 is 0 Å². The second kappa shape index (κ2) is 8.66. The molecule has 2 nitrogen and oxygen atoms in total. The van der Waals surface area contributed by atoms with Crippen LogP contribution in [0.1, 0.15) is 57.1 Å². The molecule has 0 radical (unpaired) electrons. The molecule has 0 fully saturated rings. The fourth-order valence-corrected chi connectivity index (χ4v) is 2.04. The number of hydrogen-bond acceptors (Lipinski definition) is 2. The molecule has 0 amide bonds. The van der Waals surface area contributed by atoms with Gasteiger partial charge in [-0.1, -0.05) is 32.6 Å². The summed E-state index contributed by atoms with van der Waals surface area (Å²) in [7, 11) is 0. The van der Waals surface area contributed by atoms with Crippen LogP contribution in [-0.2, 0) is 6.54 Å². The number of rotatable bonds is 8. The number of hydrogen-bond donors (Lipinski definition) is 1. The number of halogens is 1. The zero-order valence-corrected chi connectivity index (χ0v) is 11.9. The quantitative estimate of drug-likeness (QED) is 0.714. The zero-order chi connectivity index (χ0) is 14.1. The molecule has 0 heterocycles. The molecular formula is C16H23FN2. The summed E-state index contributed by atoms with van der Waals surface area (Å²) in [6.45, 7) is 4.81.